The summed E-state index contributed by atoms with van der Waals surface area (Å²) in [5.41, 5.74) is 10.2. The molecule has 0 radical (unpaired) electrons. The molecule has 0 saturated carbocycles. The van der Waals surface area contributed by atoms with Crippen molar-refractivity contribution >= 4 is 27.8 Å². The molecule has 0 aliphatic heterocycles. The van der Waals surface area contributed by atoms with E-state index in [1.54, 1.807) is 6.08 Å². The van der Waals surface area contributed by atoms with Gasteiger partial charge in [0.05, 0.1) is 5.41 Å². The van der Waals surface area contributed by atoms with Gasteiger partial charge in [-0.25, -0.2) is 0 Å². The summed E-state index contributed by atoms with van der Waals surface area (Å²) in [7, 11) is 0. The fourth-order valence-corrected chi connectivity index (χ4v) is 5.50. The Balaban J connectivity index is 0.000000368. The molecule has 0 heterocycles. The maximum atomic E-state index is 14.0. The highest BCUT2D eigenvalue weighted by molar-refractivity contribution is 9.09. The van der Waals surface area contributed by atoms with Gasteiger partial charge in [-0.2, -0.15) is 0 Å². The molecule has 1 unspecified atom stereocenters. The van der Waals surface area contributed by atoms with Crippen LogP contribution in [0.15, 0.2) is 97.1 Å². The van der Waals surface area contributed by atoms with Crippen molar-refractivity contribution in [2.24, 2.45) is 5.41 Å². The second-order valence-corrected chi connectivity index (χ2v) is 10.7. The van der Waals surface area contributed by atoms with Crippen LogP contribution in [0.5, 0.6) is 0 Å². The van der Waals surface area contributed by atoms with Crippen LogP contribution in [0, 0.1) is 19.3 Å². The summed E-state index contributed by atoms with van der Waals surface area (Å²) < 4.78 is 0. The number of carbonyl (C=O) groups excluding carboxylic acids is 1. The third kappa shape index (κ3) is 6.48. The van der Waals surface area contributed by atoms with Crippen molar-refractivity contribution in [2.75, 3.05) is 5.33 Å². The first-order valence-electron chi connectivity index (χ1n) is 13.1. The molecular formula is C35H39BrO. The number of rotatable bonds is 5. The van der Waals surface area contributed by atoms with E-state index < -0.39 is 5.41 Å². The lowest BCUT2D eigenvalue weighted by Gasteiger charge is -2.30. The van der Waals surface area contributed by atoms with Crippen molar-refractivity contribution in [1.82, 2.24) is 0 Å². The van der Waals surface area contributed by atoms with E-state index in [2.05, 4.69) is 124 Å². The molecule has 3 aromatic rings. The molecule has 37 heavy (non-hydrogen) atoms. The standard InChI is InChI=1S/C27H24O.C5H7Br.C3H8/c1-18-12-19(2)25-23(13-18)17-27(26(25)28,16-20-8-4-3-5-9-20)24-14-21-10-6-7-11-22(21)15-24;1-3-5(2)4-6;1-3-2/h3-14H,15-17H2,1-2H3;3H,1-2,4H2;3H2,1-2H3. The molecule has 192 valence electrons. The number of allylic oxidation sites excluding steroid dienone is 3. The topological polar surface area (TPSA) is 17.1 Å². The zero-order valence-electron chi connectivity index (χ0n) is 22.7. The van der Waals surface area contributed by atoms with Crippen molar-refractivity contribution in [2.45, 2.75) is 53.4 Å². The second kappa shape index (κ2) is 13.0. The maximum absolute atomic E-state index is 14.0. The van der Waals surface area contributed by atoms with Gasteiger partial charge < -0.3 is 0 Å². The average Bonchev–Trinajstić information content (AvgIpc) is 3.45. The molecule has 2 aliphatic carbocycles. The highest BCUT2D eigenvalue weighted by Crippen LogP contribution is 2.49. The summed E-state index contributed by atoms with van der Waals surface area (Å²) in [6.45, 7) is 15.6. The lowest BCUT2D eigenvalue weighted by molar-refractivity contribution is 0.0861. The molecule has 0 saturated heterocycles. The van der Waals surface area contributed by atoms with Crippen LogP contribution in [0.3, 0.4) is 0 Å². The zero-order valence-corrected chi connectivity index (χ0v) is 24.3. The first kappa shape index (κ1) is 28.6. The Morgan fingerprint density at radius 2 is 1.65 bits per heavy atom. The number of halogens is 1. The number of fused-ring (bicyclic) bond motifs is 2. The van der Waals surface area contributed by atoms with Crippen molar-refractivity contribution < 1.29 is 4.79 Å². The zero-order chi connectivity index (χ0) is 27.0. The van der Waals surface area contributed by atoms with Crippen molar-refractivity contribution in [3.63, 3.8) is 0 Å². The number of ketones is 1. The fraction of sp³-hybridized carbons (Fsp3) is 0.286. The van der Waals surface area contributed by atoms with Gasteiger partial charge in [-0.05, 0) is 66.5 Å². The predicted molar refractivity (Wildman–Crippen MR) is 164 cm³/mol. The predicted octanol–water partition coefficient (Wildman–Crippen LogP) is 9.45. The Morgan fingerprint density at radius 3 is 2.24 bits per heavy atom. The molecule has 0 spiro atoms. The van der Waals surface area contributed by atoms with Crippen molar-refractivity contribution in [3.8, 4) is 0 Å². The van der Waals surface area contributed by atoms with Crippen LogP contribution in [-0.2, 0) is 19.3 Å². The van der Waals surface area contributed by atoms with Gasteiger partial charge in [-0.15, -0.1) is 0 Å². The molecule has 2 aliphatic rings. The van der Waals surface area contributed by atoms with Crippen LogP contribution in [-0.4, -0.2) is 11.1 Å². The Kier molecular flexibility index (Phi) is 10.1. The van der Waals surface area contributed by atoms with E-state index in [0.29, 0.717) is 5.78 Å². The van der Waals surface area contributed by atoms with Gasteiger partial charge >= 0.3 is 0 Å². The molecule has 1 atom stereocenters. The Hall–Kier alpha value is -2.97. The lowest BCUT2D eigenvalue weighted by atomic mass is 9.71. The van der Waals surface area contributed by atoms with Gasteiger partial charge in [0.15, 0.2) is 5.78 Å². The molecule has 2 heteroatoms. The molecule has 0 fully saturated rings. The maximum Gasteiger partial charge on any atom is 0.174 e. The summed E-state index contributed by atoms with van der Waals surface area (Å²) in [4.78, 5) is 14.0. The van der Waals surface area contributed by atoms with Crippen LogP contribution in [0.1, 0.15) is 64.0 Å². The van der Waals surface area contributed by atoms with Crippen LogP contribution < -0.4 is 0 Å². The summed E-state index contributed by atoms with van der Waals surface area (Å²) in [6, 6.07) is 23.4. The monoisotopic (exact) mass is 554 g/mol. The molecular weight excluding hydrogens is 516 g/mol. The minimum Gasteiger partial charge on any atom is -0.293 e. The molecule has 0 aromatic heterocycles. The van der Waals surface area contributed by atoms with Gasteiger partial charge in [-0.3, -0.25) is 4.79 Å². The summed E-state index contributed by atoms with van der Waals surface area (Å²) >= 11 is 3.20. The van der Waals surface area contributed by atoms with Crippen molar-refractivity contribution in [3.05, 3.63) is 136 Å². The van der Waals surface area contributed by atoms with E-state index >= 15 is 0 Å². The number of alkyl halides is 1. The van der Waals surface area contributed by atoms with E-state index in [0.717, 1.165) is 41.3 Å². The number of hydrogen-bond acceptors (Lipinski definition) is 1. The first-order valence-corrected chi connectivity index (χ1v) is 14.3. The SMILES string of the molecule is C=CC(=C)CBr.CCC.Cc1cc(C)c2c(c1)CC(Cc1ccccc1)(C1=Cc3ccccc3C1)C2=O. The summed E-state index contributed by atoms with van der Waals surface area (Å²) in [6.07, 6.45) is 7.71. The van der Waals surface area contributed by atoms with E-state index in [4.69, 9.17) is 0 Å². The lowest BCUT2D eigenvalue weighted by Crippen LogP contribution is -2.33. The second-order valence-electron chi connectivity index (χ2n) is 10.1. The van der Waals surface area contributed by atoms with Crippen LogP contribution in [0.25, 0.3) is 6.08 Å². The Morgan fingerprint density at radius 1 is 1.00 bits per heavy atom. The van der Waals surface area contributed by atoms with Gasteiger partial charge in [-0.1, -0.05) is 139 Å². The van der Waals surface area contributed by atoms with E-state index in [-0.39, 0.29) is 0 Å². The van der Waals surface area contributed by atoms with E-state index in [9.17, 15) is 4.79 Å². The highest BCUT2D eigenvalue weighted by Gasteiger charge is 2.49. The first-order chi connectivity index (χ1) is 17.8. The van der Waals surface area contributed by atoms with Crippen LogP contribution in [0.4, 0.5) is 0 Å². The van der Waals surface area contributed by atoms with E-state index in [1.807, 2.05) is 6.07 Å². The number of carbonyl (C=O) groups is 1. The quantitative estimate of drug-likeness (QED) is 0.226. The number of aryl methyl sites for hydroxylation is 2. The number of Topliss-reactive ketones (excluding diaryl/α,β-unsaturated/α-hetero) is 1. The van der Waals surface area contributed by atoms with Gasteiger partial charge in [0.2, 0.25) is 0 Å². The molecule has 1 nitrogen and oxygen atoms in total. The third-order valence-electron chi connectivity index (χ3n) is 6.90. The molecule has 3 aromatic carbocycles. The largest absolute Gasteiger partial charge is 0.293 e. The molecule has 0 bridgehead atoms. The van der Waals surface area contributed by atoms with Crippen LogP contribution >= 0.6 is 15.9 Å². The van der Waals surface area contributed by atoms with E-state index in [1.165, 1.54) is 39.8 Å². The molecule has 0 N–H and O–H groups in total. The van der Waals surface area contributed by atoms with Gasteiger partial charge in [0.25, 0.3) is 0 Å². The number of benzene rings is 3. The molecule has 0 amide bonds. The Bertz CT molecular complexity index is 1300. The smallest absolute Gasteiger partial charge is 0.174 e. The molecule has 5 rings (SSSR count). The van der Waals surface area contributed by atoms with Crippen LogP contribution in [0.2, 0.25) is 0 Å². The summed E-state index contributed by atoms with van der Waals surface area (Å²) in [5.74, 6) is 0.308. The highest BCUT2D eigenvalue weighted by atomic mass is 79.9. The fourth-order valence-electron chi connectivity index (χ4n) is 5.27. The third-order valence-corrected chi connectivity index (χ3v) is 7.63. The average molecular weight is 556 g/mol. The normalized spacial score (nSPS) is 16.9. The number of hydrogen-bond donors (Lipinski definition) is 0. The van der Waals surface area contributed by atoms with Gasteiger partial charge in [0.1, 0.15) is 0 Å². The van der Waals surface area contributed by atoms with Crippen molar-refractivity contribution in [1.29, 1.82) is 0 Å². The van der Waals surface area contributed by atoms with Gasteiger partial charge in [0, 0.05) is 10.9 Å². The summed E-state index contributed by atoms with van der Waals surface area (Å²) in [5, 5.41) is 0.830. The Labute approximate surface area is 232 Å². The minimum atomic E-state index is -0.471. The minimum absolute atomic E-state index is 0.308.